The minimum Gasteiger partial charge on any atom is -0.347 e. The molecule has 1 heterocycles. The molecule has 0 radical (unpaired) electrons. The predicted molar refractivity (Wildman–Crippen MR) is 106 cm³/mol. The van der Waals surface area contributed by atoms with Crippen molar-refractivity contribution in [3.63, 3.8) is 0 Å². The van der Waals surface area contributed by atoms with Crippen LogP contribution in [0, 0.1) is 5.92 Å². The summed E-state index contributed by atoms with van der Waals surface area (Å²) < 4.78 is 0.766. The summed E-state index contributed by atoms with van der Waals surface area (Å²) in [6.45, 7) is 0.723. The van der Waals surface area contributed by atoms with Gasteiger partial charge in [-0.15, -0.1) is 0 Å². The van der Waals surface area contributed by atoms with E-state index in [2.05, 4.69) is 26.6 Å². The lowest BCUT2D eigenvalue weighted by Gasteiger charge is -2.16. The molecule has 1 aliphatic rings. The molecule has 140 valence electrons. The Bertz CT molecular complexity index is 841. The summed E-state index contributed by atoms with van der Waals surface area (Å²) in [4.78, 5) is 38.2. The number of nitrogens with zero attached hydrogens (tertiary/aromatic N) is 1. The van der Waals surface area contributed by atoms with Gasteiger partial charge in [0, 0.05) is 24.0 Å². The number of amides is 3. The molecule has 0 spiro atoms. The fourth-order valence-corrected chi connectivity index (χ4v) is 3.36. The van der Waals surface area contributed by atoms with Crippen LogP contribution in [0.2, 0.25) is 0 Å². The van der Waals surface area contributed by atoms with Crippen LogP contribution in [0.4, 0.5) is 5.69 Å². The minimum atomic E-state index is -0.433. The average molecular weight is 430 g/mol. The number of carbonyl (C=O) groups is 3. The summed E-state index contributed by atoms with van der Waals surface area (Å²) >= 11 is 3.35. The molecule has 0 saturated carbocycles. The SMILES string of the molecule is O=C(CNC(=O)C1CC(=O)N(Cc2ccccc2)C1)Nc1ccccc1Br. The fourth-order valence-electron chi connectivity index (χ4n) is 2.97. The van der Waals surface area contributed by atoms with Gasteiger partial charge >= 0.3 is 0 Å². The molecule has 1 aliphatic heterocycles. The van der Waals surface area contributed by atoms with Crippen molar-refractivity contribution in [1.82, 2.24) is 10.2 Å². The van der Waals surface area contributed by atoms with Crippen LogP contribution in [0.5, 0.6) is 0 Å². The third-order valence-electron chi connectivity index (χ3n) is 4.37. The highest BCUT2D eigenvalue weighted by atomic mass is 79.9. The lowest BCUT2D eigenvalue weighted by molar-refractivity contribution is -0.129. The molecule has 1 fully saturated rings. The van der Waals surface area contributed by atoms with Gasteiger partial charge in [0.25, 0.3) is 0 Å². The molecular weight excluding hydrogens is 410 g/mol. The summed E-state index contributed by atoms with van der Waals surface area (Å²) in [7, 11) is 0. The molecule has 0 bridgehead atoms. The van der Waals surface area contributed by atoms with E-state index in [1.165, 1.54) is 0 Å². The summed E-state index contributed by atoms with van der Waals surface area (Å²) in [6, 6.07) is 16.9. The lowest BCUT2D eigenvalue weighted by Crippen LogP contribution is -2.37. The Labute approximate surface area is 166 Å². The first-order valence-electron chi connectivity index (χ1n) is 8.66. The lowest BCUT2D eigenvalue weighted by atomic mass is 10.1. The molecule has 1 atom stereocenters. The number of hydrogen-bond donors (Lipinski definition) is 2. The topological polar surface area (TPSA) is 78.5 Å². The standard InChI is InChI=1S/C20H20BrN3O3/c21-16-8-4-5-9-17(16)23-18(25)11-22-20(27)15-10-19(26)24(13-15)12-14-6-2-1-3-7-14/h1-9,15H,10-13H2,(H,22,27)(H,23,25). The normalized spacial score (nSPS) is 16.3. The number of likely N-dealkylation sites (tertiary alicyclic amines) is 1. The van der Waals surface area contributed by atoms with Crippen LogP contribution < -0.4 is 10.6 Å². The Kier molecular flexibility index (Phi) is 6.24. The van der Waals surface area contributed by atoms with Crippen LogP contribution in [0.15, 0.2) is 59.1 Å². The van der Waals surface area contributed by atoms with E-state index < -0.39 is 5.92 Å². The number of hydrogen-bond acceptors (Lipinski definition) is 3. The van der Waals surface area contributed by atoms with E-state index in [-0.39, 0.29) is 30.7 Å². The number of anilines is 1. The number of benzene rings is 2. The Hall–Kier alpha value is -2.67. The fraction of sp³-hybridized carbons (Fsp3) is 0.250. The van der Waals surface area contributed by atoms with Gasteiger partial charge in [-0.05, 0) is 33.6 Å². The molecule has 0 aliphatic carbocycles. The van der Waals surface area contributed by atoms with Crippen LogP contribution in [-0.4, -0.2) is 35.7 Å². The van der Waals surface area contributed by atoms with Crippen molar-refractivity contribution < 1.29 is 14.4 Å². The van der Waals surface area contributed by atoms with E-state index in [1.54, 1.807) is 11.0 Å². The van der Waals surface area contributed by atoms with Crippen molar-refractivity contribution >= 4 is 39.3 Å². The van der Waals surface area contributed by atoms with Crippen molar-refractivity contribution in [3.8, 4) is 0 Å². The van der Waals surface area contributed by atoms with Gasteiger partial charge in [-0.3, -0.25) is 14.4 Å². The summed E-state index contributed by atoms with van der Waals surface area (Å²) in [5.74, 6) is -1.07. The van der Waals surface area contributed by atoms with Crippen molar-refractivity contribution in [1.29, 1.82) is 0 Å². The quantitative estimate of drug-likeness (QED) is 0.740. The smallest absolute Gasteiger partial charge is 0.243 e. The zero-order valence-corrected chi connectivity index (χ0v) is 16.2. The van der Waals surface area contributed by atoms with Crippen LogP contribution >= 0.6 is 15.9 Å². The average Bonchev–Trinajstić information content (AvgIpc) is 3.03. The van der Waals surface area contributed by atoms with Gasteiger partial charge in [0.2, 0.25) is 17.7 Å². The van der Waals surface area contributed by atoms with Crippen molar-refractivity contribution in [3.05, 3.63) is 64.6 Å². The third-order valence-corrected chi connectivity index (χ3v) is 5.06. The van der Waals surface area contributed by atoms with E-state index in [4.69, 9.17) is 0 Å². The van der Waals surface area contributed by atoms with Gasteiger partial charge < -0.3 is 15.5 Å². The van der Waals surface area contributed by atoms with E-state index in [0.717, 1.165) is 10.0 Å². The second kappa shape index (κ2) is 8.81. The van der Waals surface area contributed by atoms with Gasteiger partial charge in [-0.2, -0.15) is 0 Å². The zero-order chi connectivity index (χ0) is 19.2. The van der Waals surface area contributed by atoms with E-state index in [9.17, 15) is 14.4 Å². The maximum absolute atomic E-state index is 12.3. The Morgan fingerprint density at radius 1 is 1.07 bits per heavy atom. The number of carbonyl (C=O) groups excluding carboxylic acids is 3. The van der Waals surface area contributed by atoms with Crippen LogP contribution in [0.25, 0.3) is 0 Å². The van der Waals surface area contributed by atoms with Crippen molar-refractivity contribution in [2.75, 3.05) is 18.4 Å². The van der Waals surface area contributed by atoms with Crippen LogP contribution in [-0.2, 0) is 20.9 Å². The van der Waals surface area contributed by atoms with E-state index in [0.29, 0.717) is 18.8 Å². The Morgan fingerprint density at radius 2 is 1.78 bits per heavy atom. The molecule has 3 amide bonds. The highest BCUT2D eigenvalue weighted by Crippen LogP contribution is 2.21. The first-order valence-corrected chi connectivity index (χ1v) is 9.46. The molecule has 3 rings (SSSR count). The van der Waals surface area contributed by atoms with Gasteiger partial charge in [0.15, 0.2) is 0 Å². The minimum absolute atomic E-state index is 0.0447. The Balaban J connectivity index is 1.48. The van der Waals surface area contributed by atoms with Gasteiger partial charge in [-0.1, -0.05) is 42.5 Å². The number of nitrogens with one attached hydrogen (secondary N) is 2. The van der Waals surface area contributed by atoms with E-state index >= 15 is 0 Å². The molecular formula is C20H20BrN3O3. The second-order valence-corrected chi connectivity index (χ2v) is 7.26. The molecule has 1 saturated heterocycles. The summed E-state index contributed by atoms with van der Waals surface area (Å²) in [5.41, 5.74) is 1.67. The third kappa shape index (κ3) is 5.17. The largest absolute Gasteiger partial charge is 0.347 e. The van der Waals surface area contributed by atoms with Crippen molar-refractivity contribution in [2.24, 2.45) is 5.92 Å². The zero-order valence-electron chi connectivity index (χ0n) is 14.7. The second-order valence-electron chi connectivity index (χ2n) is 6.41. The summed E-state index contributed by atoms with van der Waals surface area (Å²) in [5, 5.41) is 5.35. The maximum Gasteiger partial charge on any atom is 0.243 e. The molecule has 2 aromatic carbocycles. The van der Waals surface area contributed by atoms with Crippen LogP contribution in [0.1, 0.15) is 12.0 Å². The van der Waals surface area contributed by atoms with Gasteiger partial charge in [0.1, 0.15) is 0 Å². The molecule has 1 unspecified atom stereocenters. The maximum atomic E-state index is 12.3. The van der Waals surface area contributed by atoms with Gasteiger partial charge in [-0.25, -0.2) is 0 Å². The molecule has 7 heteroatoms. The molecule has 27 heavy (non-hydrogen) atoms. The first kappa shape index (κ1) is 19.1. The molecule has 2 N–H and O–H groups in total. The van der Waals surface area contributed by atoms with Crippen LogP contribution in [0.3, 0.4) is 0 Å². The summed E-state index contributed by atoms with van der Waals surface area (Å²) in [6.07, 6.45) is 0.171. The van der Waals surface area contributed by atoms with Gasteiger partial charge in [0.05, 0.1) is 18.2 Å². The predicted octanol–water partition coefficient (Wildman–Crippen LogP) is 2.55. The number of rotatable bonds is 6. The molecule has 0 aromatic heterocycles. The molecule has 6 nitrogen and oxygen atoms in total. The number of para-hydroxylation sites is 1. The first-order chi connectivity index (χ1) is 13.0. The monoisotopic (exact) mass is 429 g/mol. The Morgan fingerprint density at radius 3 is 2.52 bits per heavy atom. The highest BCUT2D eigenvalue weighted by Gasteiger charge is 2.34. The van der Waals surface area contributed by atoms with Crippen molar-refractivity contribution in [2.45, 2.75) is 13.0 Å². The number of halogens is 1. The van der Waals surface area contributed by atoms with E-state index in [1.807, 2.05) is 48.5 Å². The molecule has 2 aromatic rings. The highest BCUT2D eigenvalue weighted by molar-refractivity contribution is 9.10.